The fourth-order valence-corrected chi connectivity index (χ4v) is 2.17. The van der Waals surface area contributed by atoms with Crippen LogP contribution in [0.5, 0.6) is 5.75 Å². The van der Waals surface area contributed by atoms with Gasteiger partial charge in [0, 0.05) is 17.1 Å². The maximum atomic E-state index is 13.0. The first-order valence-electron chi connectivity index (χ1n) is 5.68. The van der Waals surface area contributed by atoms with Crippen LogP contribution in [0.2, 0.25) is 10.0 Å². The first-order chi connectivity index (χ1) is 9.11. The molecule has 0 aliphatic rings. The minimum absolute atomic E-state index is 0.200. The minimum atomic E-state index is -0.434. The maximum Gasteiger partial charge on any atom is 0.139 e. The molecule has 0 bridgehead atoms. The number of halogens is 3. The molecule has 0 aromatic heterocycles. The molecule has 2 aromatic rings. The van der Waals surface area contributed by atoms with E-state index in [2.05, 4.69) is 0 Å². The van der Waals surface area contributed by atoms with Crippen molar-refractivity contribution in [3.63, 3.8) is 0 Å². The Balaban J connectivity index is 2.27. The Morgan fingerprint density at radius 2 is 1.84 bits per heavy atom. The topological polar surface area (TPSA) is 35.2 Å². The van der Waals surface area contributed by atoms with Crippen LogP contribution in [0.15, 0.2) is 42.5 Å². The van der Waals surface area contributed by atoms with Crippen LogP contribution in [0.1, 0.15) is 11.7 Å². The summed E-state index contributed by atoms with van der Waals surface area (Å²) in [5, 5.41) is 0.765. The Bertz CT molecular complexity index is 577. The average Bonchev–Trinajstić information content (AvgIpc) is 2.39. The highest BCUT2D eigenvalue weighted by Gasteiger charge is 2.16. The van der Waals surface area contributed by atoms with Gasteiger partial charge < -0.3 is 10.5 Å². The van der Waals surface area contributed by atoms with Crippen molar-refractivity contribution in [2.24, 2.45) is 5.73 Å². The van der Waals surface area contributed by atoms with E-state index in [0.29, 0.717) is 10.8 Å². The zero-order chi connectivity index (χ0) is 13.8. The highest BCUT2D eigenvalue weighted by molar-refractivity contribution is 6.32. The highest BCUT2D eigenvalue weighted by atomic mass is 35.5. The summed E-state index contributed by atoms with van der Waals surface area (Å²) in [7, 11) is 0. The molecule has 1 unspecified atom stereocenters. The molecule has 0 amide bonds. The van der Waals surface area contributed by atoms with E-state index in [1.165, 1.54) is 18.2 Å². The number of hydrogen-bond acceptors (Lipinski definition) is 2. The molecule has 1 atom stereocenters. The Kier molecular flexibility index (Phi) is 4.64. The molecule has 0 aliphatic heterocycles. The summed E-state index contributed by atoms with van der Waals surface area (Å²) in [4.78, 5) is 0. The first-order valence-corrected chi connectivity index (χ1v) is 6.43. The zero-order valence-corrected chi connectivity index (χ0v) is 11.5. The fraction of sp³-hybridized carbons (Fsp3) is 0.143. The lowest BCUT2D eigenvalue weighted by Gasteiger charge is -2.19. The van der Waals surface area contributed by atoms with Crippen molar-refractivity contribution in [3.8, 4) is 5.75 Å². The summed E-state index contributed by atoms with van der Waals surface area (Å²) >= 11 is 12.0. The van der Waals surface area contributed by atoms with Gasteiger partial charge in [0.15, 0.2) is 0 Å². The number of rotatable bonds is 4. The molecule has 0 saturated heterocycles. The number of benzene rings is 2. The average molecular weight is 300 g/mol. The zero-order valence-electron chi connectivity index (χ0n) is 9.95. The van der Waals surface area contributed by atoms with E-state index in [1.54, 1.807) is 6.07 Å². The van der Waals surface area contributed by atoms with Crippen LogP contribution in [-0.2, 0) is 0 Å². The molecule has 0 spiro atoms. The summed E-state index contributed by atoms with van der Waals surface area (Å²) in [5.41, 5.74) is 6.47. The van der Waals surface area contributed by atoms with Gasteiger partial charge in [0.05, 0.1) is 5.02 Å². The predicted molar refractivity (Wildman–Crippen MR) is 75.3 cm³/mol. The van der Waals surface area contributed by atoms with Crippen LogP contribution in [0.4, 0.5) is 4.39 Å². The van der Waals surface area contributed by atoms with E-state index in [-0.39, 0.29) is 11.6 Å². The maximum absolute atomic E-state index is 13.0. The van der Waals surface area contributed by atoms with Crippen molar-refractivity contribution in [3.05, 3.63) is 63.9 Å². The van der Waals surface area contributed by atoms with E-state index < -0.39 is 11.9 Å². The molecule has 0 radical (unpaired) electrons. The lowest BCUT2D eigenvalue weighted by molar-refractivity contribution is 0.214. The van der Waals surface area contributed by atoms with Gasteiger partial charge in [-0.3, -0.25) is 0 Å². The van der Waals surface area contributed by atoms with E-state index in [4.69, 9.17) is 33.7 Å². The molecular formula is C14H12Cl2FNO. The van der Waals surface area contributed by atoms with Crippen molar-refractivity contribution in [2.75, 3.05) is 6.54 Å². The smallest absolute Gasteiger partial charge is 0.139 e. The molecule has 100 valence electrons. The molecule has 19 heavy (non-hydrogen) atoms. The molecule has 5 heteroatoms. The van der Waals surface area contributed by atoms with Crippen molar-refractivity contribution in [1.82, 2.24) is 0 Å². The van der Waals surface area contributed by atoms with Crippen LogP contribution in [0.25, 0.3) is 0 Å². The van der Waals surface area contributed by atoms with Gasteiger partial charge >= 0.3 is 0 Å². The van der Waals surface area contributed by atoms with E-state index in [9.17, 15) is 4.39 Å². The molecule has 2 nitrogen and oxygen atoms in total. The monoisotopic (exact) mass is 299 g/mol. The summed E-state index contributed by atoms with van der Waals surface area (Å²) < 4.78 is 18.7. The number of ether oxygens (including phenoxy) is 1. The van der Waals surface area contributed by atoms with Crippen LogP contribution < -0.4 is 10.5 Å². The van der Waals surface area contributed by atoms with Gasteiger partial charge in [0.25, 0.3) is 0 Å². The van der Waals surface area contributed by atoms with Gasteiger partial charge in [-0.25, -0.2) is 4.39 Å². The third kappa shape index (κ3) is 3.38. The third-order valence-corrected chi connectivity index (χ3v) is 3.27. The first kappa shape index (κ1) is 14.1. The SMILES string of the molecule is NCC(Oc1ccc(F)cc1Cl)c1ccccc1Cl. The Hall–Kier alpha value is -1.29. The second kappa shape index (κ2) is 6.24. The molecule has 0 saturated carbocycles. The summed E-state index contributed by atoms with van der Waals surface area (Å²) in [6.07, 6.45) is -0.434. The summed E-state index contributed by atoms with van der Waals surface area (Å²) in [6, 6.07) is 11.2. The van der Waals surface area contributed by atoms with Crippen molar-refractivity contribution < 1.29 is 9.13 Å². The molecule has 2 N–H and O–H groups in total. The predicted octanol–water partition coefficient (Wildman–Crippen LogP) is 4.21. The number of hydrogen-bond donors (Lipinski definition) is 1. The minimum Gasteiger partial charge on any atom is -0.483 e. The van der Waals surface area contributed by atoms with Crippen LogP contribution >= 0.6 is 23.2 Å². The summed E-state index contributed by atoms with van der Waals surface area (Å²) in [6.45, 7) is 0.234. The molecule has 2 rings (SSSR count). The molecule has 2 aromatic carbocycles. The highest BCUT2D eigenvalue weighted by Crippen LogP contribution is 2.31. The fourth-order valence-electron chi connectivity index (χ4n) is 1.70. The van der Waals surface area contributed by atoms with Crippen molar-refractivity contribution in [2.45, 2.75) is 6.10 Å². The van der Waals surface area contributed by atoms with Gasteiger partial charge in [-0.05, 0) is 24.3 Å². The van der Waals surface area contributed by atoms with Gasteiger partial charge in [-0.15, -0.1) is 0 Å². The van der Waals surface area contributed by atoms with E-state index in [1.807, 2.05) is 18.2 Å². The molecule has 0 heterocycles. The van der Waals surface area contributed by atoms with E-state index >= 15 is 0 Å². The normalized spacial score (nSPS) is 12.2. The largest absolute Gasteiger partial charge is 0.483 e. The quantitative estimate of drug-likeness (QED) is 0.918. The van der Waals surface area contributed by atoms with Gasteiger partial charge in [-0.2, -0.15) is 0 Å². The Morgan fingerprint density at radius 3 is 2.47 bits per heavy atom. The molecular weight excluding hydrogens is 288 g/mol. The molecule has 0 aliphatic carbocycles. The standard InChI is InChI=1S/C14H12Cl2FNO/c15-11-4-2-1-3-10(11)14(8-18)19-13-6-5-9(17)7-12(13)16/h1-7,14H,8,18H2. The van der Waals surface area contributed by atoms with Crippen LogP contribution in [0, 0.1) is 5.82 Å². The van der Waals surface area contributed by atoms with Crippen molar-refractivity contribution >= 4 is 23.2 Å². The number of nitrogens with two attached hydrogens (primary N) is 1. The lowest BCUT2D eigenvalue weighted by atomic mass is 10.1. The van der Waals surface area contributed by atoms with Crippen LogP contribution in [0.3, 0.4) is 0 Å². The second-order valence-electron chi connectivity index (χ2n) is 3.94. The molecule has 0 fully saturated rings. The Morgan fingerprint density at radius 1 is 1.11 bits per heavy atom. The second-order valence-corrected chi connectivity index (χ2v) is 4.75. The van der Waals surface area contributed by atoms with Gasteiger partial charge in [0.1, 0.15) is 17.7 Å². The van der Waals surface area contributed by atoms with Gasteiger partial charge in [0.2, 0.25) is 0 Å². The van der Waals surface area contributed by atoms with Crippen LogP contribution in [-0.4, -0.2) is 6.54 Å². The Labute approximate surface area is 120 Å². The van der Waals surface area contributed by atoms with Crippen molar-refractivity contribution in [1.29, 1.82) is 0 Å². The lowest BCUT2D eigenvalue weighted by Crippen LogP contribution is -2.19. The third-order valence-electron chi connectivity index (χ3n) is 2.63. The van der Waals surface area contributed by atoms with E-state index in [0.717, 1.165) is 5.56 Å². The van der Waals surface area contributed by atoms with Gasteiger partial charge in [-0.1, -0.05) is 41.4 Å². The summed E-state index contributed by atoms with van der Waals surface area (Å²) in [5.74, 6) is -0.0437.